The van der Waals surface area contributed by atoms with Crippen molar-refractivity contribution in [1.82, 2.24) is 0 Å². The van der Waals surface area contributed by atoms with Gasteiger partial charge in [0.05, 0.1) is 0 Å². The van der Waals surface area contributed by atoms with Gasteiger partial charge in [-0.3, -0.25) is 0 Å². The van der Waals surface area contributed by atoms with E-state index in [1.807, 2.05) is 0 Å². The predicted molar refractivity (Wildman–Crippen MR) is 137 cm³/mol. The largest absolute Gasteiger partial charge is 0.563 e. The average Bonchev–Trinajstić information content (AvgIpc) is 2.71. The van der Waals surface area contributed by atoms with Crippen LogP contribution in [0.4, 0.5) is 0 Å². The quantitative estimate of drug-likeness (QED) is 0.549. The van der Waals surface area contributed by atoms with E-state index in [-0.39, 0.29) is 13.2 Å². The molecule has 0 unspecified atom stereocenters. The van der Waals surface area contributed by atoms with Crippen LogP contribution in [-0.4, -0.2) is 21.3 Å². The van der Waals surface area contributed by atoms with E-state index >= 15 is 0 Å². The molecule has 4 heteroatoms. The molecule has 2 nitrogen and oxygen atoms in total. The van der Waals surface area contributed by atoms with Crippen LogP contribution in [0.1, 0.15) is 57.9 Å². The normalized spacial score (nSPS) is 30.3. The maximum absolute atomic E-state index is 6.85. The highest BCUT2D eigenvalue weighted by Gasteiger charge is 2.53. The van der Waals surface area contributed by atoms with Gasteiger partial charge in [0.25, 0.3) is 0 Å². The fraction of sp³-hybridized carbons (Fsp3) is 0.571. The van der Waals surface area contributed by atoms with Crippen LogP contribution in [0.3, 0.4) is 0 Å². The van der Waals surface area contributed by atoms with Gasteiger partial charge in [-0.1, -0.05) is 36.4 Å². The molecule has 4 saturated carbocycles. The number of rotatable bonds is 4. The Morgan fingerprint density at radius 3 is 2.16 bits per heavy atom. The van der Waals surface area contributed by atoms with Gasteiger partial charge in [-0.2, -0.15) is 24.8 Å². The molecule has 0 spiro atoms. The fourth-order valence-electron chi connectivity index (χ4n) is 7.69. The molecule has 4 bridgehead atoms. The molecule has 169 valence electrons. The Labute approximate surface area is 195 Å². The SMILES string of the molecule is CC(C)OB1Oc2c(cc([Si-](C)(C)C)cc2C23CC4CC(CC(C4)C2)C3)-c2ccccc21. The summed E-state index contributed by atoms with van der Waals surface area (Å²) in [6, 6.07) is 13.8. The third kappa shape index (κ3) is 3.32. The van der Waals surface area contributed by atoms with Gasteiger partial charge in [-0.15, -0.1) is 8.07 Å². The summed E-state index contributed by atoms with van der Waals surface area (Å²) >= 11 is 0. The Kier molecular flexibility index (Phi) is 4.76. The molecule has 0 amide bonds. The van der Waals surface area contributed by atoms with Crippen molar-refractivity contribution >= 4 is 25.8 Å². The minimum atomic E-state index is -1.49. The van der Waals surface area contributed by atoms with Crippen LogP contribution in [0.25, 0.3) is 11.1 Å². The highest BCUT2D eigenvalue weighted by atomic mass is 28.3. The third-order valence-electron chi connectivity index (χ3n) is 8.69. The average molecular weight is 445 g/mol. The summed E-state index contributed by atoms with van der Waals surface area (Å²) in [6.07, 6.45) is 8.62. The maximum Gasteiger partial charge on any atom is 0.563 e. The minimum absolute atomic E-state index is 0.124. The van der Waals surface area contributed by atoms with Crippen LogP contribution >= 0.6 is 0 Å². The first-order valence-corrected chi connectivity index (χ1v) is 16.3. The molecule has 5 aliphatic rings. The second-order valence-corrected chi connectivity index (χ2v) is 17.6. The van der Waals surface area contributed by atoms with Gasteiger partial charge < -0.3 is 9.31 Å². The van der Waals surface area contributed by atoms with Crippen LogP contribution < -0.4 is 15.3 Å². The summed E-state index contributed by atoms with van der Waals surface area (Å²) in [5.41, 5.74) is 5.64. The molecule has 7 rings (SSSR count). The lowest BCUT2D eigenvalue weighted by Crippen LogP contribution is -2.51. The monoisotopic (exact) mass is 444 g/mol. The van der Waals surface area contributed by atoms with Gasteiger partial charge >= 0.3 is 7.12 Å². The Morgan fingerprint density at radius 2 is 1.56 bits per heavy atom. The van der Waals surface area contributed by atoms with Gasteiger partial charge in [-0.05, 0) is 86.7 Å². The summed E-state index contributed by atoms with van der Waals surface area (Å²) < 4.78 is 13.2. The van der Waals surface area contributed by atoms with E-state index in [2.05, 4.69) is 69.9 Å². The highest BCUT2D eigenvalue weighted by molar-refractivity contribution is 6.88. The first kappa shape index (κ1) is 21.0. The first-order chi connectivity index (χ1) is 15.2. The van der Waals surface area contributed by atoms with Crippen molar-refractivity contribution in [2.75, 3.05) is 0 Å². The zero-order valence-electron chi connectivity index (χ0n) is 20.4. The van der Waals surface area contributed by atoms with Crippen molar-refractivity contribution in [3.05, 3.63) is 42.0 Å². The van der Waals surface area contributed by atoms with Crippen LogP contribution in [0, 0.1) is 17.8 Å². The molecule has 32 heavy (non-hydrogen) atoms. The van der Waals surface area contributed by atoms with Gasteiger partial charge in [0, 0.05) is 17.1 Å². The van der Waals surface area contributed by atoms with Crippen LogP contribution in [0.2, 0.25) is 19.6 Å². The number of hydrogen-bond acceptors (Lipinski definition) is 2. The molecule has 1 heterocycles. The molecule has 0 radical (unpaired) electrons. The number of fused-ring (bicyclic) bond motifs is 3. The molecular formula is C28H37BO2Si-. The Morgan fingerprint density at radius 1 is 0.938 bits per heavy atom. The highest BCUT2D eigenvalue weighted by Crippen LogP contribution is 2.62. The zero-order chi connectivity index (χ0) is 22.3. The van der Waals surface area contributed by atoms with Crippen molar-refractivity contribution in [3.8, 4) is 16.9 Å². The van der Waals surface area contributed by atoms with Crippen molar-refractivity contribution in [3.63, 3.8) is 0 Å². The molecule has 2 aromatic rings. The Bertz CT molecular complexity index is 1020. The molecule has 2 aromatic carbocycles. The first-order valence-electron chi connectivity index (χ1n) is 12.8. The molecule has 4 fully saturated rings. The summed E-state index contributed by atoms with van der Waals surface area (Å²) in [7, 11) is -1.80. The molecular weight excluding hydrogens is 407 g/mol. The Hall–Kier alpha value is -1.52. The lowest BCUT2D eigenvalue weighted by atomic mass is 9.47. The molecule has 0 N–H and O–H groups in total. The molecule has 0 atom stereocenters. The Balaban J connectivity index is 1.57. The third-order valence-corrected chi connectivity index (χ3v) is 10.7. The van der Waals surface area contributed by atoms with Crippen molar-refractivity contribution < 1.29 is 9.31 Å². The number of hydrogen-bond donors (Lipinski definition) is 0. The lowest BCUT2D eigenvalue weighted by Gasteiger charge is -2.57. The van der Waals surface area contributed by atoms with E-state index in [9.17, 15) is 0 Å². The van der Waals surface area contributed by atoms with Crippen molar-refractivity contribution in [1.29, 1.82) is 0 Å². The van der Waals surface area contributed by atoms with Crippen LogP contribution in [-0.2, 0) is 10.1 Å². The van der Waals surface area contributed by atoms with Crippen LogP contribution in [0.5, 0.6) is 5.75 Å². The predicted octanol–water partition coefficient (Wildman–Crippen LogP) is 5.88. The van der Waals surface area contributed by atoms with Crippen molar-refractivity contribution in [2.45, 2.75) is 83.5 Å². The van der Waals surface area contributed by atoms with Gasteiger partial charge in [0.1, 0.15) is 5.75 Å². The summed E-state index contributed by atoms with van der Waals surface area (Å²) in [4.78, 5) is 0. The van der Waals surface area contributed by atoms with Gasteiger partial charge in [-0.25, -0.2) is 0 Å². The lowest BCUT2D eigenvalue weighted by molar-refractivity contribution is -0.00587. The second kappa shape index (κ2) is 7.24. The maximum atomic E-state index is 6.85. The second-order valence-electron chi connectivity index (χ2n) is 12.6. The van der Waals surface area contributed by atoms with Gasteiger partial charge in [0.15, 0.2) is 0 Å². The van der Waals surface area contributed by atoms with Crippen molar-refractivity contribution in [2.24, 2.45) is 17.8 Å². The van der Waals surface area contributed by atoms with E-state index in [0.717, 1.165) is 23.5 Å². The molecule has 0 saturated heterocycles. The summed E-state index contributed by atoms with van der Waals surface area (Å²) in [5, 5.41) is 1.57. The smallest absolute Gasteiger partial charge is 0.532 e. The van der Waals surface area contributed by atoms with E-state index in [1.165, 1.54) is 60.7 Å². The molecule has 0 aromatic heterocycles. The van der Waals surface area contributed by atoms with E-state index < -0.39 is 8.07 Å². The van der Waals surface area contributed by atoms with E-state index in [0.29, 0.717) is 5.41 Å². The van der Waals surface area contributed by atoms with Gasteiger partial charge in [0.2, 0.25) is 0 Å². The summed E-state index contributed by atoms with van der Waals surface area (Å²) in [5.74, 6) is 3.90. The molecule has 4 aliphatic carbocycles. The fourth-order valence-corrected chi connectivity index (χ4v) is 8.84. The van der Waals surface area contributed by atoms with E-state index in [1.54, 1.807) is 5.19 Å². The topological polar surface area (TPSA) is 18.5 Å². The number of benzene rings is 2. The van der Waals surface area contributed by atoms with E-state index in [4.69, 9.17) is 9.31 Å². The molecule has 1 aliphatic heterocycles. The zero-order valence-corrected chi connectivity index (χ0v) is 21.4. The minimum Gasteiger partial charge on any atom is -0.532 e. The van der Waals surface area contributed by atoms with Crippen LogP contribution in [0.15, 0.2) is 36.4 Å². The summed E-state index contributed by atoms with van der Waals surface area (Å²) in [6.45, 7) is 11.7. The standard InChI is InChI=1S/C28H37BO2Si/c1-18(2)30-29-26-9-7-6-8-23(26)24-13-22(32(3,4)5)14-25(27(24)31-29)28-15-19-10-20(16-28)12-21(11-19)17-28/h6-9,13-14,18-21H,10-12,15-17H2,1-5H3/q-1.